The van der Waals surface area contributed by atoms with Crippen molar-refractivity contribution in [3.05, 3.63) is 36.2 Å². The zero-order chi connectivity index (χ0) is 11.4. The monoisotopic (exact) mass is 234 g/mol. The van der Waals surface area contributed by atoms with Crippen molar-refractivity contribution < 1.29 is 0 Å². The van der Waals surface area contributed by atoms with Gasteiger partial charge in [-0.2, -0.15) is 0 Å². The van der Waals surface area contributed by atoms with Crippen LogP contribution in [0.3, 0.4) is 0 Å². The van der Waals surface area contributed by atoms with Crippen molar-refractivity contribution in [1.29, 1.82) is 0 Å². The molecule has 0 atom stereocenters. The lowest BCUT2D eigenvalue weighted by molar-refractivity contribution is 0.784. The van der Waals surface area contributed by atoms with Gasteiger partial charge >= 0.3 is 0 Å². The highest BCUT2D eigenvalue weighted by atomic mass is 32.2. The SMILES string of the molecule is CSc1ccccc1-n1cc(CCN)nn1. The van der Waals surface area contributed by atoms with Gasteiger partial charge in [0.1, 0.15) is 0 Å². The van der Waals surface area contributed by atoms with Crippen LogP contribution >= 0.6 is 11.8 Å². The van der Waals surface area contributed by atoms with Crippen LogP contribution in [0.2, 0.25) is 0 Å². The van der Waals surface area contributed by atoms with Gasteiger partial charge in [0.2, 0.25) is 0 Å². The van der Waals surface area contributed by atoms with E-state index in [0.717, 1.165) is 17.8 Å². The Hall–Kier alpha value is -1.33. The summed E-state index contributed by atoms with van der Waals surface area (Å²) >= 11 is 1.70. The van der Waals surface area contributed by atoms with Gasteiger partial charge in [0, 0.05) is 11.3 Å². The van der Waals surface area contributed by atoms with E-state index >= 15 is 0 Å². The second-order valence-electron chi connectivity index (χ2n) is 3.36. The molecule has 0 aliphatic heterocycles. The van der Waals surface area contributed by atoms with Crippen molar-refractivity contribution in [2.45, 2.75) is 11.3 Å². The maximum atomic E-state index is 5.48. The van der Waals surface area contributed by atoms with Crippen LogP contribution in [0.4, 0.5) is 0 Å². The molecule has 0 saturated heterocycles. The van der Waals surface area contributed by atoms with Crippen molar-refractivity contribution in [3.8, 4) is 5.69 Å². The molecule has 0 bridgehead atoms. The minimum Gasteiger partial charge on any atom is -0.330 e. The Labute approximate surface area is 98.8 Å². The summed E-state index contributed by atoms with van der Waals surface area (Å²) in [4.78, 5) is 1.19. The quantitative estimate of drug-likeness (QED) is 0.814. The Kier molecular flexibility index (Phi) is 3.58. The maximum Gasteiger partial charge on any atom is 0.0844 e. The molecule has 0 saturated carbocycles. The molecular formula is C11H14N4S. The first kappa shape index (κ1) is 11.2. The van der Waals surface area contributed by atoms with E-state index in [-0.39, 0.29) is 0 Å². The average Bonchev–Trinajstić information content (AvgIpc) is 2.78. The number of benzene rings is 1. The van der Waals surface area contributed by atoms with Crippen molar-refractivity contribution in [1.82, 2.24) is 15.0 Å². The second kappa shape index (κ2) is 5.14. The Morgan fingerprint density at radius 1 is 1.38 bits per heavy atom. The summed E-state index contributed by atoms with van der Waals surface area (Å²) in [6, 6.07) is 8.13. The van der Waals surface area contributed by atoms with E-state index in [4.69, 9.17) is 5.73 Å². The van der Waals surface area contributed by atoms with Gasteiger partial charge in [0.15, 0.2) is 0 Å². The highest BCUT2D eigenvalue weighted by Gasteiger charge is 2.05. The van der Waals surface area contributed by atoms with Crippen molar-refractivity contribution in [3.63, 3.8) is 0 Å². The number of nitrogens with zero attached hydrogens (tertiary/aromatic N) is 3. The van der Waals surface area contributed by atoms with Gasteiger partial charge in [-0.1, -0.05) is 17.3 Å². The van der Waals surface area contributed by atoms with Gasteiger partial charge in [-0.25, -0.2) is 4.68 Å². The first-order chi connectivity index (χ1) is 7.85. The van der Waals surface area contributed by atoms with Crippen molar-refractivity contribution in [2.75, 3.05) is 12.8 Å². The van der Waals surface area contributed by atoms with E-state index in [1.165, 1.54) is 4.90 Å². The third kappa shape index (κ3) is 2.25. The smallest absolute Gasteiger partial charge is 0.0844 e. The van der Waals surface area contributed by atoms with Crippen LogP contribution < -0.4 is 5.73 Å². The molecular weight excluding hydrogens is 220 g/mol. The number of aromatic nitrogens is 3. The predicted molar refractivity (Wildman–Crippen MR) is 65.9 cm³/mol. The van der Waals surface area contributed by atoms with Gasteiger partial charge in [0.25, 0.3) is 0 Å². The van der Waals surface area contributed by atoms with E-state index in [1.54, 1.807) is 16.4 Å². The third-order valence-corrected chi connectivity index (χ3v) is 3.06. The lowest BCUT2D eigenvalue weighted by atomic mass is 10.3. The Bertz CT molecular complexity index is 467. The van der Waals surface area contributed by atoms with Gasteiger partial charge < -0.3 is 5.73 Å². The summed E-state index contributed by atoms with van der Waals surface area (Å²) in [5.74, 6) is 0. The molecule has 0 unspecified atom stereocenters. The predicted octanol–water partition coefficient (Wildman–Crippen LogP) is 1.49. The molecule has 2 rings (SSSR count). The van der Waals surface area contributed by atoms with Crippen LogP contribution in [-0.2, 0) is 6.42 Å². The fourth-order valence-corrected chi connectivity index (χ4v) is 2.08. The first-order valence-electron chi connectivity index (χ1n) is 5.10. The number of thioether (sulfide) groups is 1. The summed E-state index contributed by atoms with van der Waals surface area (Å²) in [5, 5.41) is 8.19. The summed E-state index contributed by atoms with van der Waals surface area (Å²) in [6.07, 6.45) is 4.75. The highest BCUT2D eigenvalue weighted by molar-refractivity contribution is 7.98. The molecule has 0 radical (unpaired) electrons. The van der Waals surface area contributed by atoms with Gasteiger partial charge in [-0.3, -0.25) is 0 Å². The second-order valence-corrected chi connectivity index (χ2v) is 4.21. The zero-order valence-electron chi connectivity index (χ0n) is 9.13. The van der Waals surface area contributed by atoms with Crippen LogP contribution in [0, 0.1) is 0 Å². The van der Waals surface area contributed by atoms with Gasteiger partial charge in [-0.15, -0.1) is 16.9 Å². The number of para-hydroxylation sites is 1. The third-order valence-electron chi connectivity index (χ3n) is 2.27. The summed E-state index contributed by atoms with van der Waals surface area (Å²) in [5.41, 5.74) is 7.47. The van der Waals surface area contributed by atoms with Crippen LogP contribution in [0.1, 0.15) is 5.69 Å². The summed E-state index contributed by atoms with van der Waals surface area (Å²) < 4.78 is 1.80. The minimum atomic E-state index is 0.600. The molecule has 16 heavy (non-hydrogen) atoms. The van der Waals surface area contributed by atoms with Crippen molar-refractivity contribution in [2.24, 2.45) is 5.73 Å². The number of hydrogen-bond donors (Lipinski definition) is 1. The topological polar surface area (TPSA) is 56.7 Å². The fourth-order valence-electron chi connectivity index (χ4n) is 1.50. The standard InChI is InChI=1S/C11H14N4S/c1-16-11-5-3-2-4-10(11)15-8-9(6-7-12)13-14-15/h2-5,8H,6-7,12H2,1H3. The van der Waals surface area contributed by atoms with E-state index in [2.05, 4.69) is 22.6 Å². The lowest BCUT2D eigenvalue weighted by Gasteiger charge is -2.05. The molecule has 2 N–H and O–H groups in total. The van der Waals surface area contributed by atoms with Crippen LogP contribution in [-0.4, -0.2) is 27.8 Å². The molecule has 2 aromatic rings. The van der Waals surface area contributed by atoms with Gasteiger partial charge in [0.05, 0.1) is 17.6 Å². The minimum absolute atomic E-state index is 0.600. The highest BCUT2D eigenvalue weighted by Crippen LogP contribution is 2.22. The Morgan fingerprint density at radius 3 is 2.94 bits per heavy atom. The molecule has 0 aliphatic carbocycles. The molecule has 0 aliphatic rings. The van der Waals surface area contributed by atoms with Gasteiger partial charge in [-0.05, 0) is 24.9 Å². The van der Waals surface area contributed by atoms with E-state index in [9.17, 15) is 0 Å². The van der Waals surface area contributed by atoms with E-state index < -0.39 is 0 Å². The van der Waals surface area contributed by atoms with E-state index in [0.29, 0.717) is 6.54 Å². The molecule has 4 nitrogen and oxygen atoms in total. The molecule has 1 aromatic heterocycles. The maximum absolute atomic E-state index is 5.48. The number of rotatable bonds is 4. The Morgan fingerprint density at radius 2 is 2.19 bits per heavy atom. The molecule has 5 heteroatoms. The average molecular weight is 234 g/mol. The van der Waals surface area contributed by atoms with E-state index in [1.807, 2.05) is 24.4 Å². The number of hydrogen-bond acceptors (Lipinski definition) is 4. The van der Waals surface area contributed by atoms with Crippen LogP contribution in [0.25, 0.3) is 5.69 Å². The molecule has 1 aromatic carbocycles. The number of nitrogens with two attached hydrogens (primary N) is 1. The molecule has 0 amide bonds. The van der Waals surface area contributed by atoms with Crippen LogP contribution in [0.5, 0.6) is 0 Å². The Balaban J connectivity index is 2.34. The molecule has 0 spiro atoms. The normalized spacial score (nSPS) is 10.6. The molecule has 1 heterocycles. The molecule has 84 valence electrons. The summed E-state index contributed by atoms with van der Waals surface area (Å²) in [6.45, 7) is 0.600. The largest absolute Gasteiger partial charge is 0.330 e. The fraction of sp³-hybridized carbons (Fsp3) is 0.273. The summed E-state index contributed by atoms with van der Waals surface area (Å²) in [7, 11) is 0. The molecule has 0 fully saturated rings. The lowest BCUT2D eigenvalue weighted by Crippen LogP contribution is -2.02. The van der Waals surface area contributed by atoms with Crippen LogP contribution in [0.15, 0.2) is 35.4 Å². The first-order valence-corrected chi connectivity index (χ1v) is 6.32. The van der Waals surface area contributed by atoms with Crippen molar-refractivity contribution >= 4 is 11.8 Å². The zero-order valence-corrected chi connectivity index (χ0v) is 9.94.